The van der Waals surface area contributed by atoms with Crippen LogP contribution in [0.4, 0.5) is 17.1 Å². The van der Waals surface area contributed by atoms with Crippen LogP contribution in [0.2, 0.25) is 0 Å². The maximum Gasteiger partial charge on any atom is 0.0468 e. The smallest absolute Gasteiger partial charge is 0.0468 e. The molecule has 0 amide bonds. The van der Waals surface area contributed by atoms with Gasteiger partial charge in [0.05, 0.1) is 0 Å². The number of anilines is 3. The second-order valence-electron chi connectivity index (χ2n) is 13.2. The molecule has 0 N–H and O–H groups in total. The van der Waals surface area contributed by atoms with E-state index in [-0.39, 0.29) is 10.8 Å². The minimum absolute atomic E-state index is 0.222. The van der Waals surface area contributed by atoms with E-state index >= 15 is 0 Å². The van der Waals surface area contributed by atoms with Crippen molar-refractivity contribution in [3.8, 4) is 22.3 Å². The lowest BCUT2D eigenvalue weighted by Gasteiger charge is -2.31. The molecular weight excluding hydrogens is 567 g/mol. The van der Waals surface area contributed by atoms with Crippen molar-refractivity contribution < 1.29 is 0 Å². The minimum Gasteiger partial charge on any atom is -0.310 e. The molecule has 0 bridgehead atoms. The fourth-order valence-corrected chi connectivity index (χ4v) is 8.44. The van der Waals surface area contributed by atoms with E-state index in [1.165, 1.54) is 55.6 Å². The van der Waals surface area contributed by atoms with Crippen LogP contribution in [-0.4, -0.2) is 0 Å². The molecule has 2 aliphatic carbocycles. The highest BCUT2D eigenvalue weighted by Crippen LogP contribution is 2.56. The number of hydrogen-bond acceptors (Lipinski definition) is 1. The number of rotatable bonds is 5. The van der Waals surface area contributed by atoms with Gasteiger partial charge in [0.1, 0.15) is 0 Å². The van der Waals surface area contributed by atoms with Gasteiger partial charge >= 0.3 is 0 Å². The lowest BCUT2D eigenvalue weighted by Crippen LogP contribution is -2.23. The summed E-state index contributed by atoms with van der Waals surface area (Å²) in [5.74, 6) is 0. The Morgan fingerprint density at radius 3 is 1.36 bits per heavy atom. The van der Waals surface area contributed by atoms with Crippen molar-refractivity contribution in [2.75, 3.05) is 4.90 Å². The Bertz CT molecular complexity index is 2270. The molecule has 0 saturated heterocycles. The summed E-state index contributed by atoms with van der Waals surface area (Å²) in [7, 11) is 0. The fraction of sp³-hybridized carbons (Fsp3) is 0.0870. The lowest BCUT2D eigenvalue weighted by atomic mass is 9.74. The van der Waals surface area contributed by atoms with E-state index in [9.17, 15) is 0 Å². The molecule has 7 aromatic rings. The molecule has 0 aliphatic heterocycles. The fourth-order valence-electron chi connectivity index (χ4n) is 8.44. The summed E-state index contributed by atoms with van der Waals surface area (Å²) < 4.78 is 0. The molecule has 0 saturated carbocycles. The van der Waals surface area contributed by atoms with Crippen molar-refractivity contribution in [3.63, 3.8) is 0 Å². The molecule has 2 aliphatic rings. The molecule has 9 rings (SSSR count). The number of fused-ring (bicyclic) bond motifs is 6. The highest BCUT2D eigenvalue weighted by molar-refractivity contribution is 5.90. The molecule has 0 fully saturated rings. The third kappa shape index (κ3) is 3.96. The summed E-state index contributed by atoms with van der Waals surface area (Å²) in [6, 6.07) is 64.7. The Labute approximate surface area is 277 Å². The van der Waals surface area contributed by atoms with E-state index in [1.807, 2.05) is 0 Å². The van der Waals surface area contributed by atoms with Gasteiger partial charge in [-0.3, -0.25) is 0 Å². The zero-order valence-electron chi connectivity index (χ0n) is 26.7. The van der Waals surface area contributed by atoms with Crippen LogP contribution in [0.5, 0.6) is 0 Å². The normalized spacial score (nSPS) is 18.6. The minimum atomic E-state index is -0.264. The van der Waals surface area contributed by atoms with E-state index in [0.717, 1.165) is 17.1 Å². The summed E-state index contributed by atoms with van der Waals surface area (Å²) in [5, 5.41) is 0. The van der Waals surface area contributed by atoms with Gasteiger partial charge in [-0.2, -0.15) is 0 Å². The zero-order valence-corrected chi connectivity index (χ0v) is 26.7. The van der Waals surface area contributed by atoms with Gasteiger partial charge in [-0.05, 0) is 106 Å². The number of para-hydroxylation sites is 1. The number of hydrogen-bond donors (Lipinski definition) is 0. The quantitative estimate of drug-likeness (QED) is 0.190. The van der Waals surface area contributed by atoms with Crippen molar-refractivity contribution in [3.05, 3.63) is 209 Å². The van der Waals surface area contributed by atoms with E-state index in [1.54, 1.807) is 0 Å². The number of benzene rings is 7. The third-order valence-corrected chi connectivity index (χ3v) is 10.8. The average molecular weight is 602 g/mol. The molecule has 0 aromatic heterocycles. The Kier molecular flexibility index (Phi) is 6.14. The monoisotopic (exact) mass is 601 g/mol. The van der Waals surface area contributed by atoms with Crippen molar-refractivity contribution in [1.29, 1.82) is 0 Å². The highest BCUT2D eigenvalue weighted by Gasteiger charge is 2.42. The predicted molar refractivity (Wildman–Crippen MR) is 196 cm³/mol. The molecule has 0 radical (unpaired) electrons. The van der Waals surface area contributed by atoms with Crippen LogP contribution in [0.3, 0.4) is 0 Å². The van der Waals surface area contributed by atoms with Crippen molar-refractivity contribution in [2.45, 2.75) is 24.7 Å². The van der Waals surface area contributed by atoms with Crippen LogP contribution < -0.4 is 4.90 Å². The van der Waals surface area contributed by atoms with Gasteiger partial charge in [0.15, 0.2) is 0 Å². The van der Waals surface area contributed by atoms with E-state index in [0.29, 0.717) is 0 Å². The van der Waals surface area contributed by atoms with E-state index in [2.05, 4.69) is 195 Å². The maximum absolute atomic E-state index is 2.44. The number of nitrogens with zero attached hydrogens (tertiary/aromatic N) is 1. The van der Waals surface area contributed by atoms with Crippen molar-refractivity contribution >= 4 is 17.1 Å². The largest absolute Gasteiger partial charge is 0.310 e. The first-order valence-corrected chi connectivity index (χ1v) is 16.5. The summed E-state index contributed by atoms with van der Waals surface area (Å²) in [4.78, 5) is 2.43. The summed E-state index contributed by atoms with van der Waals surface area (Å²) in [6.07, 6.45) is 0. The van der Waals surface area contributed by atoms with Crippen molar-refractivity contribution in [1.82, 2.24) is 0 Å². The standard InChI is InChI=1S/C46H35N/c1-45(32-16-6-3-7-17-32)42-25-15-13-23-38(42)40-30-35(27-29-43(40)45)47(34-20-10-5-11-21-34)36-26-28-39-37-22-12-14-24-41(37)46(2,44(39)31-36)33-18-8-4-9-19-33/h3-31H,1-2H3. The van der Waals surface area contributed by atoms with E-state index in [4.69, 9.17) is 0 Å². The zero-order chi connectivity index (χ0) is 31.6. The third-order valence-electron chi connectivity index (χ3n) is 10.8. The van der Waals surface area contributed by atoms with Gasteiger partial charge in [0, 0.05) is 27.9 Å². The predicted octanol–water partition coefficient (Wildman–Crippen LogP) is 11.8. The van der Waals surface area contributed by atoms with Crippen molar-refractivity contribution in [2.24, 2.45) is 0 Å². The summed E-state index contributed by atoms with van der Waals surface area (Å²) in [5.41, 5.74) is 16.2. The van der Waals surface area contributed by atoms with Gasteiger partial charge < -0.3 is 4.90 Å². The molecule has 0 spiro atoms. The Hall–Kier alpha value is -5.66. The molecule has 1 heteroatoms. The second-order valence-corrected chi connectivity index (χ2v) is 13.2. The first-order chi connectivity index (χ1) is 23.1. The van der Waals surface area contributed by atoms with Crippen LogP contribution in [0.25, 0.3) is 22.3 Å². The van der Waals surface area contributed by atoms with Gasteiger partial charge in [-0.15, -0.1) is 0 Å². The van der Waals surface area contributed by atoms with E-state index < -0.39 is 0 Å². The Morgan fingerprint density at radius 1 is 0.319 bits per heavy atom. The van der Waals surface area contributed by atoms with Crippen LogP contribution in [0.1, 0.15) is 47.2 Å². The van der Waals surface area contributed by atoms with Gasteiger partial charge in [0.25, 0.3) is 0 Å². The van der Waals surface area contributed by atoms with Crippen LogP contribution in [-0.2, 0) is 10.8 Å². The first-order valence-electron chi connectivity index (χ1n) is 16.5. The average Bonchev–Trinajstić information content (AvgIpc) is 3.56. The molecule has 1 nitrogen and oxygen atoms in total. The first kappa shape index (κ1) is 27.6. The van der Waals surface area contributed by atoms with Crippen LogP contribution in [0.15, 0.2) is 176 Å². The second kappa shape index (κ2) is 10.4. The molecule has 47 heavy (non-hydrogen) atoms. The SMILES string of the molecule is CC1(c2ccccc2)c2ccccc2-c2cc(N(c3ccccc3)c3ccc4c(c3)C(C)(c3ccccc3)c3ccccc3-4)ccc21. The van der Waals surface area contributed by atoms with Crippen LogP contribution in [0, 0.1) is 0 Å². The lowest BCUT2D eigenvalue weighted by molar-refractivity contribution is 0.713. The molecule has 2 unspecified atom stereocenters. The topological polar surface area (TPSA) is 3.24 Å². The van der Waals surface area contributed by atoms with Gasteiger partial charge in [0.2, 0.25) is 0 Å². The summed E-state index contributed by atoms with van der Waals surface area (Å²) in [6.45, 7) is 4.77. The maximum atomic E-state index is 2.44. The Morgan fingerprint density at radius 2 is 0.745 bits per heavy atom. The van der Waals surface area contributed by atoms with Gasteiger partial charge in [-0.1, -0.05) is 140 Å². The molecule has 0 heterocycles. The van der Waals surface area contributed by atoms with Gasteiger partial charge in [-0.25, -0.2) is 0 Å². The van der Waals surface area contributed by atoms with Crippen LogP contribution >= 0.6 is 0 Å². The highest BCUT2D eigenvalue weighted by atomic mass is 15.1. The molecular formula is C46H35N. The Balaban J connectivity index is 1.25. The molecule has 7 aromatic carbocycles. The molecule has 224 valence electrons. The molecule has 2 atom stereocenters. The summed E-state index contributed by atoms with van der Waals surface area (Å²) >= 11 is 0.